The van der Waals surface area contributed by atoms with Gasteiger partial charge in [-0.25, -0.2) is 14.8 Å². The van der Waals surface area contributed by atoms with Crippen LogP contribution in [-0.4, -0.2) is 31.2 Å². The number of nitrogens with one attached hydrogen (secondary N) is 1. The summed E-state index contributed by atoms with van der Waals surface area (Å²) in [4.78, 5) is 23.7. The number of aliphatic hydroxyl groups excluding tert-OH is 1. The lowest BCUT2D eigenvalue weighted by Crippen LogP contribution is -2.28. The van der Waals surface area contributed by atoms with Gasteiger partial charge in [0, 0.05) is 10.9 Å². The van der Waals surface area contributed by atoms with E-state index in [0.717, 1.165) is 11.3 Å². The summed E-state index contributed by atoms with van der Waals surface area (Å²) in [6.07, 6.45) is 1.65. The second-order valence-corrected chi connectivity index (χ2v) is 6.01. The quantitative estimate of drug-likeness (QED) is 0.772. The molecule has 0 saturated heterocycles. The average molecular weight is 304 g/mol. The fourth-order valence-corrected chi connectivity index (χ4v) is 2.99. The Morgan fingerprint density at radius 2 is 2.29 bits per heavy atom. The van der Waals surface area contributed by atoms with E-state index in [1.807, 2.05) is 30.7 Å². The van der Waals surface area contributed by atoms with Crippen LogP contribution in [0, 0.1) is 5.92 Å². The molecule has 3 heterocycles. The minimum absolute atomic E-state index is 0.110. The third-order valence-electron chi connectivity index (χ3n) is 3.53. The van der Waals surface area contributed by atoms with Crippen LogP contribution in [0.1, 0.15) is 19.9 Å². The third kappa shape index (κ3) is 2.38. The highest BCUT2D eigenvalue weighted by Crippen LogP contribution is 2.23. The van der Waals surface area contributed by atoms with Gasteiger partial charge in [-0.05, 0) is 17.4 Å². The third-order valence-corrected chi connectivity index (χ3v) is 4.21. The summed E-state index contributed by atoms with van der Waals surface area (Å²) in [5.74, 6) is 0.110. The molecular weight excluding hydrogens is 288 g/mol. The molecule has 0 bridgehead atoms. The summed E-state index contributed by atoms with van der Waals surface area (Å²) in [7, 11) is 0. The first kappa shape index (κ1) is 14.0. The number of imidazole rings is 1. The highest BCUT2D eigenvalue weighted by atomic mass is 32.1. The minimum Gasteiger partial charge on any atom is -0.394 e. The van der Waals surface area contributed by atoms with Gasteiger partial charge < -0.3 is 5.11 Å². The van der Waals surface area contributed by atoms with Gasteiger partial charge in [0.15, 0.2) is 11.3 Å². The van der Waals surface area contributed by atoms with Crippen LogP contribution in [0.2, 0.25) is 0 Å². The number of hydrogen-bond acceptors (Lipinski definition) is 5. The van der Waals surface area contributed by atoms with Crippen molar-refractivity contribution in [1.29, 1.82) is 0 Å². The standard InChI is InChI=1S/C14H16N4O2S/c1-8(2)11(6-19)18-13-12(17-14(18)20)15-5-10(16-13)9-3-4-21-7-9/h3-5,7-8,11,19H,6H2,1-2H3,(H,15,17,20)/t11-/m0/s1. The van der Waals surface area contributed by atoms with Crippen LogP contribution in [0.5, 0.6) is 0 Å². The maximum absolute atomic E-state index is 12.2. The first-order chi connectivity index (χ1) is 10.1. The molecule has 3 rings (SSSR count). The Morgan fingerprint density at radius 3 is 2.90 bits per heavy atom. The molecule has 0 aliphatic heterocycles. The predicted octanol–water partition coefficient (Wildman–Crippen LogP) is 2.04. The molecule has 2 N–H and O–H groups in total. The molecule has 0 aromatic carbocycles. The molecule has 7 heteroatoms. The Kier molecular flexibility index (Phi) is 3.60. The summed E-state index contributed by atoms with van der Waals surface area (Å²) >= 11 is 1.58. The van der Waals surface area contributed by atoms with Gasteiger partial charge in [0.1, 0.15) is 0 Å². The second-order valence-electron chi connectivity index (χ2n) is 5.23. The minimum atomic E-state index is -0.321. The summed E-state index contributed by atoms with van der Waals surface area (Å²) in [5.41, 5.74) is 2.33. The number of hydrogen-bond donors (Lipinski definition) is 2. The van der Waals surface area contributed by atoms with E-state index in [0.29, 0.717) is 11.3 Å². The highest BCUT2D eigenvalue weighted by Gasteiger charge is 2.21. The number of thiophene rings is 1. The van der Waals surface area contributed by atoms with Gasteiger partial charge in [0.25, 0.3) is 0 Å². The molecule has 3 aromatic rings. The zero-order valence-electron chi connectivity index (χ0n) is 11.8. The van der Waals surface area contributed by atoms with E-state index >= 15 is 0 Å². The Morgan fingerprint density at radius 1 is 1.48 bits per heavy atom. The monoisotopic (exact) mass is 304 g/mol. The fourth-order valence-electron chi connectivity index (χ4n) is 2.34. The number of aliphatic hydroxyl groups is 1. The molecule has 0 aliphatic carbocycles. The molecular formula is C14H16N4O2S. The van der Waals surface area contributed by atoms with Crippen molar-refractivity contribution in [2.24, 2.45) is 5.92 Å². The van der Waals surface area contributed by atoms with Gasteiger partial charge in [-0.2, -0.15) is 11.3 Å². The van der Waals surface area contributed by atoms with Gasteiger partial charge in [-0.15, -0.1) is 0 Å². The van der Waals surface area contributed by atoms with Crippen LogP contribution >= 0.6 is 11.3 Å². The molecule has 0 aliphatic rings. The molecule has 0 unspecified atom stereocenters. The van der Waals surface area contributed by atoms with E-state index in [1.54, 1.807) is 17.5 Å². The smallest absolute Gasteiger partial charge is 0.329 e. The van der Waals surface area contributed by atoms with E-state index in [4.69, 9.17) is 0 Å². The summed E-state index contributed by atoms with van der Waals surface area (Å²) in [6, 6.07) is 1.64. The van der Waals surface area contributed by atoms with E-state index in [9.17, 15) is 9.90 Å². The van der Waals surface area contributed by atoms with Gasteiger partial charge >= 0.3 is 5.69 Å². The summed E-state index contributed by atoms with van der Waals surface area (Å²) in [5, 5.41) is 13.5. The fraction of sp³-hybridized carbons (Fsp3) is 0.357. The Labute approximate surface area is 125 Å². The zero-order chi connectivity index (χ0) is 15.0. The van der Waals surface area contributed by atoms with E-state index in [2.05, 4.69) is 15.0 Å². The van der Waals surface area contributed by atoms with Crippen molar-refractivity contribution < 1.29 is 5.11 Å². The lowest BCUT2D eigenvalue weighted by atomic mass is 10.1. The van der Waals surface area contributed by atoms with Crippen LogP contribution in [-0.2, 0) is 0 Å². The second kappa shape index (κ2) is 5.42. The van der Waals surface area contributed by atoms with E-state index in [1.165, 1.54) is 4.57 Å². The first-order valence-corrected chi connectivity index (χ1v) is 7.66. The Balaban J connectivity index is 2.22. The van der Waals surface area contributed by atoms with Crippen LogP contribution < -0.4 is 5.69 Å². The molecule has 0 saturated carbocycles. The normalized spacial score (nSPS) is 13.1. The number of aromatic amines is 1. The van der Waals surface area contributed by atoms with Crippen molar-refractivity contribution in [1.82, 2.24) is 19.5 Å². The SMILES string of the molecule is CC(C)[C@H](CO)n1c(=O)[nH]c2ncc(-c3ccsc3)nc21. The first-order valence-electron chi connectivity index (χ1n) is 6.72. The largest absolute Gasteiger partial charge is 0.394 e. The predicted molar refractivity (Wildman–Crippen MR) is 82.4 cm³/mol. The van der Waals surface area contributed by atoms with Gasteiger partial charge in [-0.3, -0.25) is 9.55 Å². The molecule has 0 spiro atoms. The van der Waals surface area contributed by atoms with Crippen LogP contribution in [0.4, 0.5) is 0 Å². The number of nitrogens with zero attached hydrogens (tertiary/aromatic N) is 3. The van der Waals surface area contributed by atoms with Crippen LogP contribution in [0.3, 0.4) is 0 Å². The van der Waals surface area contributed by atoms with Gasteiger partial charge in [-0.1, -0.05) is 13.8 Å². The maximum atomic E-state index is 12.2. The van der Waals surface area contributed by atoms with Crippen molar-refractivity contribution in [2.45, 2.75) is 19.9 Å². The van der Waals surface area contributed by atoms with E-state index in [-0.39, 0.29) is 24.3 Å². The number of aromatic nitrogens is 4. The zero-order valence-corrected chi connectivity index (χ0v) is 12.6. The molecule has 0 radical (unpaired) electrons. The molecule has 110 valence electrons. The summed E-state index contributed by atoms with van der Waals surface area (Å²) < 4.78 is 1.50. The van der Waals surface area contributed by atoms with Crippen LogP contribution in [0.15, 0.2) is 27.8 Å². The lowest BCUT2D eigenvalue weighted by molar-refractivity contribution is 0.193. The van der Waals surface area contributed by atoms with Gasteiger partial charge in [0.2, 0.25) is 0 Å². The molecule has 1 atom stereocenters. The van der Waals surface area contributed by atoms with Crippen molar-refractivity contribution >= 4 is 22.6 Å². The average Bonchev–Trinajstić information content (AvgIpc) is 3.07. The maximum Gasteiger partial charge on any atom is 0.329 e. The van der Waals surface area contributed by atoms with Crippen molar-refractivity contribution in [3.63, 3.8) is 0 Å². The molecule has 3 aromatic heterocycles. The summed E-state index contributed by atoms with van der Waals surface area (Å²) in [6.45, 7) is 3.81. The molecule has 21 heavy (non-hydrogen) atoms. The Bertz CT molecular complexity index is 804. The molecule has 6 nitrogen and oxygen atoms in total. The number of H-pyrrole nitrogens is 1. The lowest BCUT2D eigenvalue weighted by Gasteiger charge is -2.19. The van der Waals surface area contributed by atoms with Gasteiger partial charge in [0.05, 0.1) is 24.5 Å². The van der Waals surface area contributed by atoms with Crippen LogP contribution in [0.25, 0.3) is 22.6 Å². The Hall–Kier alpha value is -1.99. The number of rotatable bonds is 4. The van der Waals surface area contributed by atoms with Crippen molar-refractivity contribution in [3.05, 3.63) is 33.5 Å². The van der Waals surface area contributed by atoms with Crippen molar-refractivity contribution in [3.8, 4) is 11.3 Å². The highest BCUT2D eigenvalue weighted by molar-refractivity contribution is 7.08. The molecule has 0 fully saturated rings. The topological polar surface area (TPSA) is 83.8 Å². The van der Waals surface area contributed by atoms with Crippen molar-refractivity contribution in [2.75, 3.05) is 6.61 Å². The number of fused-ring (bicyclic) bond motifs is 1. The molecule has 0 amide bonds. The van der Waals surface area contributed by atoms with E-state index < -0.39 is 0 Å².